The van der Waals surface area contributed by atoms with E-state index >= 15 is 9.59 Å². The molecule has 3 aliphatic carbocycles. The molecular formula is C44H51ClN2O9Si. The third-order valence-electron chi connectivity index (χ3n) is 12.2. The predicted molar refractivity (Wildman–Crippen MR) is 218 cm³/mol. The summed E-state index contributed by atoms with van der Waals surface area (Å²) in [4.78, 5) is 33.3. The molecule has 4 atom stereocenters. The van der Waals surface area contributed by atoms with Crippen LogP contribution < -0.4 is 9.47 Å². The number of carbonyl (C=O) groups is 2. The van der Waals surface area contributed by atoms with E-state index in [1.807, 2.05) is 92.8 Å². The van der Waals surface area contributed by atoms with Gasteiger partial charge < -0.3 is 33.0 Å². The summed E-state index contributed by atoms with van der Waals surface area (Å²) in [5.41, 5.74) is 1.31. The van der Waals surface area contributed by atoms with E-state index in [9.17, 15) is 5.11 Å². The van der Waals surface area contributed by atoms with E-state index in [4.69, 9.17) is 39.5 Å². The van der Waals surface area contributed by atoms with Crippen LogP contribution in [-0.4, -0.2) is 69.0 Å². The number of ether oxygens (including phenoxy) is 4. The quantitative estimate of drug-likeness (QED) is 0.0836. The molecule has 0 spiro atoms. The maximum atomic E-state index is 15.8. The Morgan fingerprint density at radius 1 is 0.947 bits per heavy atom. The van der Waals surface area contributed by atoms with Gasteiger partial charge >= 0.3 is 0 Å². The average Bonchev–Trinajstić information content (AvgIpc) is 3.59. The summed E-state index contributed by atoms with van der Waals surface area (Å²) in [6.07, 6.45) is -0.275. The number of carbonyl (C=O) groups excluding carboxylic acids is 2. The minimum Gasteiger partial charge on any atom is -0.507 e. The molecule has 0 bridgehead atoms. The van der Waals surface area contributed by atoms with Gasteiger partial charge in [0.2, 0.25) is 11.6 Å². The Kier molecular flexibility index (Phi) is 11.1. The van der Waals surface area contributed by atoms with Crippen LogP contribution in [0.4, 0.5) is 0 Å². The first kappa shape index (κ1) is 40.9. The van der Waals surface area contributed by atoms with E-state index in [1.54, 1.807) is 6.07 Å². The summed E-state index contributed by atoms with van der Waals surface area (Å²) >= 11 is 7.20. The zero-order valence-corrected chi connectivity index (χ0v) is 35.7. The van der Waals surface area contributed by atoms with Crippen LogP contribution in [0.5, 0.6) is 11.6 Å². The molecule has 7 rings (SSSR count). The molecule has 302 valence electrons. The number of halogens is 1. The Morgan fingerprint density at radius 3 is 2.11 bits per heavy atom. The Hall–Kier alpha value is -4.30. The van der Waals surface area contributed by atoms with Crippen LogP contribution in [-0.2, 0) is 38.3 Å². The molecule has 1 fully saturated rings. The molecule has 1 aromatic heterocycles. The van der Waals surface area contributed by atoms with Crippen molar-refractivity contribution in [3.63, 3.8) is 0 Å². The van der Waals surface area contributed by atoms with Gasteiger partial charge in [0.1, 0.15) is 30.3 Å². The lowest BCUT2D eigenvalue weighted by molar-refractivity contribution is -0.140. The standard InChI is InChI=1S/C44H51ClN2O9Si/c1-43(2,3)57(8,9)56-44-30(36(47(4)5)38-34(40(44)50)41(46-55-38)54-24-26-18-14-11-15-19-26)21-27-20-28-33(37(48)32(27)39(44)49)31(53-23-25-16-12-10-13-17-25)22-29(35(28)45)42(51-6)52-7/h10-19,22,27,30,36,42,48H,20-21,23-24H2,1-9H3/t27-,30-,36-,44-/m0/s1. The highest BCUT2D eigenvalue weighted by atomic mass is 35.5. The smallest absolute Gasteiger partial charge is 0.265 e. The maximum absolute atomic E-state index is 15.8. The van der Waals surface area contributed by atoms with Gasteiger partial charge in [0.15, 0.2) is 26.0 Å². The molecule has 1 N–H and O–H groups in total. The molecular weight excluding hydrogens is 764 g/mol. The van der Waals surface area contributed by atoms with Gasteiger partial charge in [-0.3, -0.25) is 14.5 Å². The summed E-state index contributed by atoms with van der Waals surface area (Å²) in [6.45, 7) is 10.5. The van der Waals surface area contributed by atoms with Crippen LogP contribution in [0.2, 0.25) is 23.2 Å². The van der Waals surface area contributed by atoms with Crippen molar-refractivity contribution >= 4 is 37.2 Å². The summed E-state index contributed by atoms with van der Waals surface area (Å²) in [7, 11) is 3.87. The van der Waals surface area contributed by atoms with Gasteiger partial charge in [-0.15, -0.1) is 0 Å². The fourth-order valence-electron chi connectivity index (χ4n) is 8.38. The summed E-state index contributed by atoms with van der Waals surface area (Å²) in [5.74, 6) is -2.14. The number of nitrogens with zero attached hydrogens (tertiary/aromatic N) is 2. The van der Waals surface area contributed by atoms with Crippen molar-refractivity contribution in [3.05, 3.63) is 116 Å². The van der Waals surface area contributed by atoms with Crippen LogP contribution in [0, 0.1) is 11.8 Å². The summed E-state index contributed by atoms with van der Waals surface area (Å²) in [5, 5.41) is 16.8. The van der Waals surface area contributed by atoms with Gasteiger partial charge in [-0.2, -0.15) is 0 Å². The number of hydrogen-bond donors (Lipinski definition) is 1. The number of ketones is 2. The van der Waals surface area contributed by atoms with E-state index in [0.717, 1.165) is 11.1 Å². The Bertz CT molecular complexity index is 2190. The van der Waals surface area contributed by atoms with Crippen molar-refractivity contribution in [2.45, 2.75) is 82.9 Å². The van der Waals surface area contributed by atoms with Crippen molar-refractivity contribution in [1.29, 1.82) is 0 Å². The monoisotopic (exact) mass is 814 g/mol. The number of Topliss-reactive ketones (excluding diaryl/α,β-unsaturated/α-hetero) is 2. The highest BCUT2D eigenvalue weighted by molar-refractivity contribution is 6.74. The summed E-state index contributed by atoms with van der Waals surface area (Å²) < 4.78 is 37.2. The topological polar surface area (TPSA) is 130 Å². The first-order valence-corrected chi connectivity index (χ1v) is 22.5. The minimum atomic E-state index is -2.93. The van der Waals surface area contributed by atoms with Gasteiger partial charge in [0.05, 0.1) is 16.6 Å². The molecule has 1 heterocycles. The van der Waals surface area contributed by atoms with Gasteiger partial charge in [-0.05, 0) is 78.9 Å². The molecule has 11 nitrogen and oxygen atoms in total. The number of aliphatic hydroxyl groups is 1. The normalized spacial score (nSPS) is 22.0. The third-order valence-corrected chi connectivity index (χ3v) is 17.1. The lowest BCUT2D eigenvalue weighted by Gasteiger charge is -2.55. The lowest BCUT2D eigenvalue weighted by Crippen LogP contribution is -2.68. The zero-order valence-electron chi connectivity index (χ0n) is 34.0. The van der Waals surface area contributed by atoms with Crippen LogP contribution in [0.1, 0.15) is 83.5 Å². The SMILES string of the molecule is COC(OC)c1cc(OCc2ccccc2)c2c(c1Cl)C[C@H]1C[C@H]3[C@H](N(C)C)c4onc(OCc5ccccc5)c4C(=O)[C@@]3(O[Si](C)(C)C(C)(C)C)C(=O)C1=C2O. The molecule has 3 aromatic carbocycles. The molecule has 3 aliphatic rings. The Balaban J connectivity index is 1.43. The van der Waals surface area contributed by atoms with Crippen molar-refractivity contribution in [2.24, 2.45) is 11.8 Å². The maximum Gasteiger partial charge on any atom is 0.265 e. The molecule has 4 aromatic rings. The van der Waals surface area contributed by atoms with Crippen LogP contribution in [0.3, 0.4) is 0 Å². The molecule has 13 heteroatoms. The molecule has 0 unspecified atom stereocenters. The van der Waals surface area contributed by atoms with E-state index in [2.05, 4.69) is 25.9 Å². The number of rotatable bonds is 12. The number of aromatic nitrogens is 1. The number of fused-ring (bicyclic) bond motifs is 4. The highest BCUT2D eigenvalue weighted by Gasteiger charge is 2.69. The molecule has 1 saturated carbocycles. The van der Waals surface area contributed by atoms with Crippen molar-refractivity contribution < 1.29 is 42.6 Å². The van der Waals surface area contributed by atoms with Crippen LogP contribution in [0.15, 0.2) is 76.8 Å². The molecule has 0 amide bonds. The van der Waals surface area contributed by atoms with Gasteiger partial charge in [-0.25, -0.2) is 0 Å². The second-order valence-electron chi connectivity index (χ2n) is 16.9. The van der Waals surface area contributed by atoms with Crippen molar-refractivity contribution in [2.75, 3.05) is 28.3 Å². The molecule has 0 aliphatic heterocycles. The lowest BCUT2D eigenvalue weighted by atomic mass is 9.57. The minimum absolute atomic E-state index is 0.00813. The van der Waals surface area contributed by atoms with Gasteiger partial charge in [-0.1, -0.05) is 93.0 Å². The molecule has 0 saturated heterocycles. The first-order chi connectivity index (χ1) is 27.0. The number of aliphatic hydroxyl groups excluding tert-OH is 1. The van der Waals surface area contributed by atoms with Gasteiger partial charge in [0, 0.05) is 31.3 Å². The van der Waals surface area contributed by atoms with Crippen LogP contribution >= 0.6 is 11.6 Å². The van der Waals surface area contributed by atoms with Crippen molar-refractivity contribution in [3.8, 4) is 11.6 Å². The number of benzene rings is 3. The van der Waals surface area contributed by atoms with E-state index in [1.165, 1.54) is 14.2 Å². The fraction of sp³-hybridized carbons (Fsp3) is 0.432. The number of hydrogen-bond acceptors (Lipinski definition) is 11. The Labute approximate surface area is 340 Å². The van der Waals surface area contributed by atoms with Gasteiger partial charge in [0.25, 0.3) is 5.88 Å². The highest BCUT2D eigenvalue weighted by Crippen LogP contribution is 2.59. The largest absolute Gasteiger partial charge is 0.507 e. The molecule has 0 radical (unpaired) electrons. The second-order valence-corrected chi connectivity index (χ2v) is 22.0. The summed E-state index contributed by atoms with van der Waals surface area (Å²) in [6, 6.07) is 20.2. The van der Waals surface area contributed by atoms with Crippen molar-refractivity contribution in [1.82, 2.24) is 10.1 Å². The van der Waals surface area contributed by atoms with E-state index in [-0.39, 0.29) is 54.4 Å². The third kappa shape index (κ3) is 6.93. The molecule has 57 heavy (non-hydrogen) atoms. The number of methoxy groups -OCH3 is 2. The second kappa shape index (κ2) is 15.5. The van der Waals surface area contributed by atoms with E-state index in [0.29, 0.717) is 27.7 Å². The zero-order chi connectivity index (χ0) is 41.0. The average molecular weight is 815 g/mol. The van der Waals surface area contributed by atoms with E-state index < -0.39 is 54.7 Å². The fourth-order valence-corrected chi connectivity index (χ4v) is 10.1. The Morgan fingerprint density at radius 2 is 1.54 bits per heavy atom. The first-order valence-electron chi connectivity index (χ1n) is 19.2. The van der Waals surface area contributed by atoms with Crippen LogP contribution in [0.25, 0.3) is 5.76 Å². The predicted octanol–water partition coefficient (Wildman–Crippen LogP) is 9.07.